The lowest BCUT2D eigenvalue weighted by molar-refractivity contribution is -0.145. The number of hydrogen-bond donors (Lipinski definition) is 0. The largest absolute Gasteiger partial charge is 0.378 e. The van der Waals surface area contributed by atoms with E-state index in [0.717, 1.165) is 19.4 Å². The number of nitrogens with zero attached hydrogens (tertiary/aromatic N) is 2. The summed E-state index contributed by atoms with van der Waals surface area (Å²) < 4.78 is 5.21. The van der Waals surface area contributed by atoms with Gasteiger partial charge in [0.15, 0.2) is 0 Å². The van der Waals surface area contributed by atoms with Crippen LogP contribution in [0.5, 0.6) is 0 Å². The fraction of sp³-hybridized carbons (Fsp3) is 0.818. The second-order valence-electron chi connectivity index (χ2n) is 4.31. The smallest absolute Gasteiger partial charge is 0.245 e. The molecule has 0 bridgehead atoms. The van der Waals surface area contributed by atoms with Crippen LogP contribution in [0.2, 0.25) is 0 Å². The zero-order valence-electron chi connectivity index (χ0n) is 9.65. The first-order valence-electron chi connectivity index (χ1n) is 5.84. The Bertz CT molecular complexity index is 287. The van der Waals surface area contributed by atoms with Gasteiger partial charge in [-0.3, -0.25) is 9.59 Å². The molecule has 0 aliphatic carbocycles. The first-order chi connectivity index (χ1) is 7.70. The first kappa shape index (κ1) is 11.4. The average Bonchev–Trinajstić information content (AvgIpc) is 2.78. The van der Waals surface area contributed by atoms with Crippen molar-refractivity contribution in [2.24, 2.45) is 0 Å². The molecule has 5 nitrogen and oxygen atoms in total. The molecule has 2 amide bonds. The standard InChI is InChI=1S/C11H18N2O3/c1-9(14)13-4-2-3-10(13)11(15)12-5-7-16-8-6-12/h10H,2-8H2,1H3/t10-/m0/s1. The van der Waals surface area contributed by atoms with Crippen LogP contribution < -0.4 is 0 Å². The summed E-state index contributed by atoms with van der Waals surface area (Å²) in [4.78, 5) is 27.1. The molecule has 0 saturated carbocycles. The van der Waals surface area contributed by atoms with Crippen LogP contribution in [0.4, 0.5) is 0 Å². The van der Waals surface area contributed by atoms with E-state index in [1.807, 2.05) is 4.90 Å². The minimum absolute atomic E-state index is 0.00381. The maximum atomic E-state index is 12.2. The average molecular weight is 226 g/mol. The van der Waals surface area contributed by atoms with E-state index in [1.54, 1.807) is 4.90 Å². The van der Waals surface area contributed by atoms with Gasteiger partial charge >= 0.3 is 0 Å². The predicted molar refractivity (Wildman–Crippen MR) is 57.8 cm³/mol. The zero-order valence-corrected chi connectivity index (χ0v) is 9.65. The molecule has 2 fully saturated rings. The topological polar surface area (TPSA) is 49.9 Å². The SMILES string of the molecule is CC(=O)N1CCC[C@H]1C(=O)N1CCOCC1. The molecule has 2 saturated heterocycles. The molecule has 1 atom stereocenters. The molecule has 5 heteroatoms. The van der Waals surface area contributed by atoms with Crippen molar-refractivity contribution < 1.29 is 14.3 Å². The minimum Gasteiger partial charge on any atom is -0.378 e. The molecule has 0 aromatic heterocycles. The summed E-state index contributed by atoms with van der Waals surface area (Å²) in [7, 11) is 0. The van der Waals surface area contributed by atoms with Crippen LogP contribution in [0.25, 0.3) is 0 Å². The van der Waals surface area contributed by atoms with Crippen molar-refractivity contribution in [1.82, 2.24) is 9.80 Å². The van der Waals surface area contributed by atoms with E-state index in [0.29, 0.717) is 26.3 Å². The lowest BCUT2D eigenvalue weighted by Crippen LogP contribution is -2.50. The highest BCUT2D eigenvalue weighted by Crippen LogP contribution is 2.19. The Hall–Kier alpha value is -1.10. The Kier molecular flexibility index (Phi) is 3.43. The molecular weight excluding hydrogens is 208 g/mol. The van der Waals surface area contributed by atoms with Crippen LogP contribution in [0.15, 0.2) is 0 Å². The molecule has 0 aromatic carbocycles. The van der Waals surface area contributed by atoms with Crippen molar-refractivity contribution in [3.63, 3.8) is 0 Å². The van der Waals surface area contributed by atoms with Crippen LogP contribution in [-0.2, 0) is 14.3 Å². The first-order valence-corrected chi connectivity index (χ1v) is 5.84. The highest BCUT2D eigenvalue weighted by Gasteiger charge is 2.35. The normalized spacial score (nSPS) is 25.9. The van der Waals surface area contributed by atoms with Crippen LogP contribution in [0.1, 0.15) is 19.8 Å². The Morgan fingerprint density at radius 3 is 2.50 bits per heavy atom. The van der Waals surface area contributed by atoms with Gasteiger partial charge in [-0.2, -0.15) is 0 Å². The summed E-state index contributed by atoms with van der Waals surface area (Å²) >= 11 is 0. The number of carbonyl (C=O) groups excluding carboxylic acids is 2. The second kappa shape index (κ2) is 4.82. The van der Waals surface area contributed by atoms with E-state index >= 15 is 0 Å². The molecule has 0 aromatic rings. The van der Waals surface area contributed by atoms with Crippen molar-refractivity contribution >= 4 is 11.8 Å². The van der Waals surface area contributed by atoms with E-state index in [9.17, 15) is 9.59 Å². The number of hydrogen-bond acceptors (Lipinski definition) is 3. The third-order valence-corrected chi connectivity index (χ3v) is 3.27. The van der Waals surface area contributed by atoms with Crippen molar-refractivity contribution in [3.8, 4) is 0 Å². The van der Waals surface area contributed by atoms with E-state index < -0.39 is 0 Å². The van der Waals surface area contributed by atoms with Gasteiger partial charge in [0.25, 0.3) is 0 Å². The lowest BCUT2D eigenvalue weighted by atomic mass is 10.2. The van der Waals surface area contributed by atoms with Gasteiger partial charge in [0.05, 0.1) is 13.2 Å². The number of morpholine rings is 1. The fourth-order valence-corrected chi connectivity index (χ4v) is 2.39. The van der Waals surface area contributed by atoms with Crippen LogP contribution in [0, 0.1) is 0 Å². The van der Waals surface area contributed by atoms with Gasteiger partial charge in [-0.05, 0) is 12.8 Å². The van der Waals surface area contributed by atoms with Crippen molar-refractivity contribution in [1.29, 1.82) is 0 Å². The van der Waals surface area contributed by atoms with E-state index in [-0.39, 0.29) is 17.9 Å². The number of amides is 2. The van der Waals surface area contributed by atoms with E-state index in [1.165, 1.54) is 6.92 Å². The molecule has 16 heavy (non-hydrogen) atoms. The lowest BCUT2D eigenvalue weighted by Gasteiger charge is -2.32. The summed E-state index contributed by atoms with van der Waals surface area (Å²) in [6, 6.07) is -0.226. The van der Waals surface area contributed by atoms with Gasteiger partial charge < -0.3 is 14.5 Å². The summed E-state index contributed by atoms with van der Waals surface area (Å²) in [6.45, 7) is 4.78. The quantitative estimate of drug-likeness (QED) is 0.625. The Labute approximate surface area is 95.3 Å². The molecule has 0 N–H and O–H groups in total. The number of ether oxygens (including phenoxy) is 1. The summed E-state index contributed by atoms with van der Waals surface area (Å²) in [5, 5.41) is 0. The Morgan fingerprint density at radius 2 is 1.88 bits per heavy atom. The van der Waals surface area contributed by atoms with Crippen LogP contribution >= 0.6 is 0 Å². The molecule has 2 heterocycles. The second-order valence-corrected chi connectivity index (χ2v) is 4.31. The van der Waals surface area contributed by atoms with Gasteiger partial charge in [-0.15, -0.1) is 0 Å². The van der Waals surface area contributed by atoms with E-state index in [4.69, 9.17) is 4.74 Å². The predicted octanol–water partition coefficient (Wildman–Crippen LogP) is -0.144. The highest BCUT2D eigenvalue weighted by atomic mass is 16.5. The van der Waals surface area contributed by atoms with Crippen molar-refractivity contribution in [2.45, 2.75) is 25.8 Å². The molecule has 0 spiro atoms. The number of rotatable bonds is 1. The highest BCUT2D eigenvalue weighted by molar-refractivity contribution is 5.87. The monoisotopic (exact) mass is 226 g/mol. The summed E-state index contributed by atoms with van der Waals surface area (Å²) in [6.07, 6.45) is 1.73. The minimum atomic E-state index is -0.226. The van der Waals surface area contributed by atoms with Gasteiger partial charge in [0.1, 0.15) is 6.04 Å². The molecular formula is C11H18N2O3. The molecule has 2 aliphatic rings. The summed E-state index contributed by atoms with van der Waals surface area (Å²) in [5.74, 6) is 0.0973. The third-order valence-electron chi connectivity index (χ3n) is 3.27. The number of likely N-dealkylation sites (tertiary alicyclic amines) is 1. The van der Waals surface area contributed by atoms with Gasteiger partial charge in [0, 0.05) is 26.6 Å². The van der Waals surface area contributed by atoms with E-state index in [2.05, 4.69) is 0 Å². The van der Waals surface area contributed by atoms with Crippen molar-refractivity contribution in [2.75, 3.05) is 32.8 Å². The molecule has 2 aliphatic heterocycles. The Balaban J connectivity index is 1.99. The van der Waals surface area contributed by atoms with Gasteiger partial charge in [0.2, 0.25) is 11.8 Å². The molecule has 0 radical (unpaired) electrons. The van der Waals surface area contributed by atoms with Crippen molar-refractivity contribution in [3.05, 3.63) is 0 Å². The van der Waals surface area contributed by atoms with Crippen LogP contribution in [0.3, 0.4) is 0 Å². The fourth-order valence-electron chi connectivity index (χ4n) is 2.39. The third kappa shape index (κ3) is 2.19. The van der Waals surface area contributed by atoms with Gasteiger partial charge in [-0.25, -0.2) is 0 Å². The van der Waals surface area contributed by atoms with Crippen LogP contribution in [-0.4, -0.2) is 60.5 Å². The molecule has 0 unspecified atom stereocenters. The number of carbonyl (C=O) groups is 2. The molecule has 90 valence electrons. The summed E-state index contributed by atoms with van der Waals surface area (Å²) in [5.41, 5.74) is 0. The zero-order chi connectivity index (χ0) is 11.5. The molecule has 2 rings (SSSR count). The Morgan fingerprint density at radius 1 is 1.19 bits per heavy atom. The maximum Gasteiger partial charge on any atom is 0.245 e. The van der Waals surface area contributed by atoms with Gasteiger partial charge in [-0.1, -0.05) is 0 Å². The maximum absolute atomic E-state index is 12.2.